The Morgan fingerprint density at radius 1 is 1.20 bits per heavy atom. The van der Waals surface area contributed by atoms with Gasteiger partial charge in [-0.15, -0.1) is 0 Å². The number of aliphatic hydroxyl groups is 1. The van der Waals surface area contributed by atoms with Gasteiger partial charge in [-0.3, -0.25) is 0 Å². The van der Waals surface area contributed by atoms with E-state index in [1.54, 1.807) is 0 Å². The summed E-state index contributed by atoms with van der Waals surface area (Å²) in [5.41, 5.74) is 0. The molecule has 0 saturated heterocycles. The molecule has 1 saturated carbocycles. The molecule has 1 rings (SSSR count). The van der Waals surface area contributed by atoms with Gasteiger partial charge in [0.05, 0.1) is 6.10 Å². The van der Waals surface area contributed by atoms with Gasteiger partial charge >= 0.3 is 0 Å². The molecule has 0 aromatic rings. The van der Waals surface area contributed by atoms with Gasteiger partial charge in [0.25, 0.3) is 0 Å². The van der Waals surface area contributed by atoms with E-state index in [1.807, 2.05) is 0 Å². The lowest BCUT2D eigenvalue weighted by atomic mass is 9.91. The van der Waals surface area contributed by atoms with E-state index in [2.05, 4.69) is 26.1 Å². The van der Waals surface area contributed by atoms with Crippen molar-refractivity contribution in [3.63, 3.8) is 0 Å². The Labute approximate surface area is 94.5 Å². The molecule has 0 aromatic heterocycles. The van der Waals surface area contributed by atoms with E-state index in [9.17, 15) is 5.11 Å². The quantitative estimate of drug-likeness (QED) is 0.736. The molecular formula is C13H27NO. The fourth-order valence-electron chi connectivity index (χ4n) is 2.48. The second kappa shape index (κ2) is 6.49. The highest BCUT2D eigenvalue weighted by Gasteiger charge is 2.20. The molecule has 0 radical (unpaired) electrons. The van der Waals surface area contributed by atoms with Gasteiger partial charge in [-0.1, -0.05) is 20.3 Å². The molecule has 2 atom stereocenters. The molecule has 1 aliphatic carbocycles. The van der Waals surface area contributed by atoms with Crippen LogP contribution in [-0.2, 0) is 0 Å². The highest BCUT2D eigenvalue weighted by Crippen LogP contribution is 2.19. The van der Waals surface area contributed by atoms with Crippen LogP contribution < -0.4 is 5.32 Å². The second-order valence-electron chi connectivity index (χ2n) is 5.32. The lowest BCUT2D eigenvalue weighted by molar-refractivity contribution is 0.113. The molecule has 0 bridgehead atoms. The molecule has 1 fully saturated rings. The fourth-order valence-corrected chi connectivity index (χ4v) is 2.48. The standard InChI is InChI=1S/C13H27NO/c1-4-10(2)9-11(3)14-12-5-7-13(15)8-6-12/h10-15H,4-9H2,1-3H3. The van der Waals surface area contributed by atoms with Crippen LogP contribution in [-0.4, -0.2) is 23.3 Å². The topological polar surface area (TPSA) is 32.3 Å². The predicted molar refractivity (Wildman–Crippen MR) is 64.9 cm³/mol. The average molecular weight is 213 g/mol. The molecule has 90 valence electrons. The van der Waals surface area contributed by atoms with Crippen molar-refractivity contribution in [2.75, 3.05) is 0 Å². The first kappa shape index (κ1) is 13.0. The lowest BCUT2D eigenvalue weighted by Crippen LogP contribution is -2.40. The Morgan fingerprint density at radius 3 is 2.33 bits per heavy atom. The van der Waals surface area contributed by atoms with E-state index in [0.29, 0.717) is 12.1 Å². The number of rotatable bonds is 5. The van der Waals surface area contributed by atoms with E-state index in [4.69, 9.17) is 0 Å². The molecule has 2 N–H and O–H groups in total. The van der Waals surface area contributed by atoms with E-state index in [0.717, 1.165) is 31.6 Å². The summed E-state index contributed by atoms with van der Waals surface area (Å²) in [7, 11) is 0. The van der Waals surface area contributed by atoms with Gasteiger partial charge in [0.1, 0.15) is 0 Å². The fraction of sp³-hybridized carbons (Fsp3) is 1.00. The summed E-state index contributed by atoms with van der Waals surface area (Å²) in [6.45, 7) is 6.87. The van der Waals surface area contributed by atoms with Gasteiger partial charge in [0.15, 0.2) is 0 Å². The smallest absolute Gasteiger partial charge is 0.0541 e. The molecule has 0 amide bonds. The molecule has 2 nitrogen and oxygen atoms in total. The van der Waals surface area contributed by atoms with Crippen molar-refractivity contribution in [3.8, 4) is 0 Å². The van der Waals surface area contributed by atoms with Gasteiger partial charge < -0.3 is 10.4 Å². The van der Waals surface area contributed by atoms with Crippen molar-refractivity contribution in [1.29, 1.82) is 0 Å². The van der Waals surface area contributed by atoms with Crippen LogP contribution in [0.3, 0.4) is 0 Å². The van der Waals surface area contributed by atoms with Gasteiger partial charge in [0, 0.05) is 12.1 Å². The van der Waals surface area contributed by atoms with Gasteiger partial charge in [0.2, 0.25) is 0 Å². The summed E-state index contributed by atoms with van der Waals surface area (Å²) in [4.78, 5) is 0. The third kappa shape index (κ3) is 4.98. The van der Waals surface area contributed by atoms with E-state index >= 15 is 0 Å². The lowest BCUT2D eigenvalue weighted by Gasteiger charge is -2.29. The van der Waals surface area contributed by atoms with Crippen LogP contribution in [0.25, 0.3) is 0 Å². The Hall–Kier alpha value is -0.0800. The number of hydrogen-bond donors (Lipinski definition) is 2. The van der Waals surface area contributed by atoms with Crippen LogP contribution in [0.15, 0.2) is 0 Å². The summed E-state index contributed by atoms with van der Waals surface area (Å²) in [5.74, 6) is 0.821. The highest BCUT2D eigenvalue weighted by molar-refractivity contribution is 4.79. The molecule has 0 spiro atoms. The van der Waals surface area contributed by atoms with Crippen molar-refractivity contribution < 1.29 is 5.11 Å². The number of nitrogens with one attached hydrogen (secondary N) is 1. The minimum Gasteiger partial charge on any atom is -0.393 e. The minimum absolute atomic E-state index is 0.0343. The molecular weight excluding hydrogens is 186 g/mol. The van der Waals surface area contributed by atoms with Crippen molar-refractivity contribution in [3.05, 3.63) is 0 Å². The van der Waals surface area contributed by atoms with Crippen LogP contribution in [0.5, 0.6) is 0 Å². The van der Waals surface area contributed by atoms with Gasteiger partial charge in [-0.25, -0.2) is 0 Å². The maximum Gasteiger partial charge on any atom is 0.0541 e. The largest absolute Gasteiger partial charge is 0.393 e. The van der Waals surface area contributed by atoms with Crippen LogP contribution >= 0.6 is 0 Å². The Balaban J connectivity index is 2.17. The van der Waals surface area contributed by atoms with Gasteiger partial charge in [-0.05, 0) is 44.9 Å². The monoisotopic (exact) mass is 213 g/mol. The SMILES string of the molecule is CCC(C)CC(C)NC1CCC(O)CC1. The maximum absolute atomic E-state index is 9.42. The molecule has 0 aliphatic heterocycles. The average Bonchev–Trinajstić information content (AvgIpc) is 2.21. The van der Waals surface area contributed by atoms with Crippen molar-refractivity contribution >= 4 is 0 Å². The molecule has 1 aliphatic rings. The normalized spacial score (nSPS) is 31.2. The molecule has 0 aromatic carbocycles. The number of aliphatic hydroxyl groups excluding tert-OH is 1. The zero-order chi connectivity index (χ0) is 11.3. The summed E-state index contributed by atoms with van der Waals surface area (Å²) in [6.07, 6.45) is 6.76. The van der Waals surface area contributed by atoms with Crippen molar-refractivity contribution in [1.82, 2.24) is 5.32 Å². The maximum atomic E-state index is 9.42. The zero-order valence-electron chi connectivity index (χ0n) is 10.5. The van der Waals surface area contributed by atoms with Crippen LogP contribution in [0.4, 0.5) is 0 Å². The summed E-state index contributed by atoms with van der Waals surface area (Å²) >= 11 is 0. The number of hydrogen-bond acceptors (Lipinski definition) is 2. The summed E-state index contributed by atoms with van der Waals surface area (Å²) in [5, 5.41) is 13.1. The Morgan fingerprint density at radius 2 is 1.80 bits per heavy atom. The van der Waals surface area contributed by atoms with Crippen LogP contribution in [0.2, 0.25) is 0 Å². The minimum atomic E-state index is -0.0343. The first-order valence-corrected chi connectivity index (χ1v) is 6.56. The van der Waals surface area contributed by atoms with Gasteiger partial charge in [-0.2, -0.15) is 0 Å². The molecule has 2 heteroatoms. The molecule has 2 unspecified atom stereocenters. The van der Waals surface area contributed by atoms with E-state index < -0.39 is 0 Å². The molecule has 15 heavy (non-hydrogen) atoms. The molecule has 0 heterocycles. The Kier molecular flexibility index (Phi) is 5.62. The van der Waals surface area contributed by atoms with Crippen molar-refractivity contribution in [2.24, 2.45) is 5.92 Å². The van der Waals surface area contributed by atoms with Crippen LogP contribution in [0, 0.1) is 5.92 Å². The third-order valence-corrected chi connectivity index (χ3v) is 3.67. The van der Waals surface area contributed by atoms with Crippen molar-refractivity contribution in [2.45, 2.75) is 77.5 Å². The third-order valence-electron chi connectivity index (χ3n) is 3.67. The van der Waals surface area contributed by atoms with E-state index in [-0.39, 0.29) is 6.10 Å². The summed E-state index contributed by atoms with van der Waals surface area (Å²) < 4.78 is 0. The Bertz CT molecular complexity index is 164. The summed E-state index contributed by atoms with van der Waals surface area (Å²) in [6, 6.07) is 1.27. The van der Waals surface area contributed by atoms with E-state index in [1.165, 1.54) is 12.8 Å². The first-order chi connectivity index (χ1) is 7.11. The second-order valence-corrected chi connectivity index (χ2v) is 5.32. The highest BCUT2D eigenvalue weighted by atomic mass is 16.3. The predicted octanol–water partition coefficient (Wildman–Crippen LogP) is 2.70. The zero-order valence-corrected chi connectivity index (χ0v) is 10.5. The van der Waals surface area contributed by atoms with Crippen LogP contribution in [0.1, 0.15) is 59.3 Å². The first-order valence-electron chi connectivity index (χ1n) is 6.56.